The zero-order valence-corrected chi connectivity index (χ0v) is 14.6. The predicted octanol–water partition coefficient (Wildman–Crippen LogP) is 2.99. The normalized spacial score (nSPS) is 15.1. The summed E-state index contributed by atoms with van der Waals surface area (Å²) in [6.07, 6.45) is 3.10. The molecule has 128 valence electrons. The molecule has 6 nitrogen and oxygen atoms in total. The van der Waals surface area contributed by atoms with Gasteiger partial charge in [0, 0.05) is 36.6 Å². The average molecular weight is 348 g/mol. The molecular weight excluding hydrogens is 326 g/mol. The van der Waals surface area contributed by atoms with Gasteiger partial charge >= 0.3 is 0 Å². The number of halogens is 1. The van der Waals surface area contributed by atoms with Gasteiger partial charge in [-0.25, -0.2) is 0 Å². The van der Waals surface area contributed by atoms with E-state index >= 15 is 0 Å². The molecule has 7 heteroatoms. The molecule has 1 aromatic carbocycles. The van der Waals surface area contributed by atoms with Crippen LogP contribution >= 0.6 is 11.6 Å². The summed E-state index contributed by atoms with van der Waals surface area (Å²) in [6, 6.07) is 7.39. The third-order valence-corrected chi connectivity index (χ3v) is 4.15. The van der Waals surface area contributed by atoms with Gasteiger partial charge in [-0.15, -0.1) is 0 Å². The third-order valence-electron chi connectivity index (χ3n) is 3.90. The van der Waals surface area contributed by atoms with Gasteiger partial charge in [0.1, 0.15) is 0 Å². The Kier molecular flexibility index (Phi) is 5.69. The van der Waals surface area contributed by atoms with Gasteiger partial charge in [0.2, 0.25) is 11.7 Å². The van der Waals surface area contributed by atoms with Crippen LogP contribution in [0.25, 0.3) is 11.4 Å². The predicted molar refractivity (Wildman–Crippen MR) is 95.2 cm³/mol. The van der Waals surface area contributed by atoms with Crippen LogP contribution in [-0.4, -0.2) is 47.2 Å². The highest BCUT2D eigenvalue weighted by Crippen LogP contribution is 2.18. The van der Waals surface area contributed by atoms with E-state index in [9.17, 15) is 0 Å². The third kappa shape index (κ3) is 4.26. The molecule has 1 saturated heterocycles. The van der Waals surface area contributed by atoms with Gasteiger partial charge in [-0.05, 0) is 44.0 Å². The molecular formula is C17H22ClN5O. The fourth-order valence-corrected chi connectivity index (χ4v) is 2.81. The Morgan fingerprint density at radius 2 is 2.04 bits per heavy atom. The van der Waals surface area contributed by atoms with Crippen LogP contribution in [0.2, 0.25) is 5.02 Å². The molecule has 0 aliphatic carbocycles. The molecule has 0 spiro atoms. The van der Waals surface area contributed by atoms with Crippen LogP contribution in [0.1, 0.15) is 25.7 Å². The van der Waals surface area contributed by atoms with Crippen molar-refractivity contribution < 1.29 is 4.52 Å². The number of rotatable bonds is 5. The van der Waals surface area contributed by atoms with Gasteiger partial charge in [-0.3, -0.25) is 4.99 Å². The molecule has 0 saturated carbocycles. The van der Waals surface area contributed by atoms with Crippen LogP contribution in [0, 0.1) is 0 Å². The van der Waals surface area contributed by atoms with E-state index in [-0.39, 0.29) is 0 Å². The summed E-state index contributed by atoms with van der Waals surface area (Å²) >= 11 is 5.89. The first-order valence-corrected chi connectivity index (χ1v) is 8.76. The maximum atomic E-state index is 5.89. The number of likely N-dealkylation sites (tertiary alicyclic amines) is 1. The summed E-state index contributed by atoms with van der Waals surface area (Å²) in [7, 11) is 0. The summed E-state index contributed by atoms with van der Waals surface area (Å²) in [6.45, 7) is 5.74. The quantitative estimate of drug-likeness (QED) is 0.665. The van der Waals surface area contributed by atoms with E-state index in [1.54, 1.807) is 0 Å². The zero-order chi connectivity index (χ0) is 16.8. The van der Waals surface area contributed by atoms with Gasteiger partial charge in [0.15, 0.2) is 5.96 Å². The van der Waals surface area contributed by atoms with Crippen molar-refractivity contribution in [2.24, 2.45) is 4.99 Å². The molecule has 3 rings (SSSR count). The molecule has 1 N–H and O–H groups in total. The second-order valence-electron chi connectivity index (χ2n) is 5.70. The number of nitrogens with zero attached hydrogens (tertiary/aromatic N) is 4. The molecule has 0 radical (unpaired) electrons. The Bertz CT molecular complexity index is 677. The molecule has 24 heavy (non-hydrogen) atoms. The largest absolute Gasteiger partial charge is 0.357 e. The first-order valence-electron chi connectivity index (χ1n) is 8.38. The molecule has 1 fully saturated rings. The summed E-state index contributed by atoms with van der Waals surface area (Å²) in [5.74, 6) is 2.16. The van der Waals surface area contributed by atoms with Crippen LogP contribution in [0.3, 0.4) is 0 Å². The van der Waals surface area contributed by atoms with Crippen molar-refractivity contribution in [2.45, 2.75) is 26.2 Å². The minimum absolute atomic E-state index is 0.581. The molecule has 0 amide bonds. The Balaban J connectivity index is 1.60. The molecule has 1 aliphatic rings. The van der Waals surface area contributed by atoms with Crippen molar-refractivity contribution >= 4 is 17.6 Å². The lowest BCUT2D eigenvalue weighted by molar-refractivity contribution is 0.380. The van der Waals surface area contributed by atoms with Gasteiger partial charge < -0.3 is 14.7 Å². The molecule has 0 bridgehead atoms. The number of benzene rings is 1. The van der Waals surface area contributed by atoms with Crippen molar-refractivity contribution in [3.63, 3.8) is 0 Å². The number of nitrogens with one attached hydrogen (secondary N) is 1. The monoisotopic (exact) mass is 347 g/mol. The summed E-state index contributed by atoms with van der Waals surface area (Å²) in [4.78, 5) is 11.4. The van der Waals surface area contributed by atoms with E-state index < -0.39 is 0 Å². The van der Waals surface area contributed by atoms with Crippen LogP contribution in [0.4, 0.5) is 0 Å². The number of aliphatic imine (C=N–C) groups is 1. The summed E-state index contributed by atoms with van der Waals surface area (Å²) < 4.78 is 5.32. The molecule has 0 unspecified atom stereocenters. The Labute approximate surface area is 146 Å². The zero-order valence-electron chi connectivity index (χ0n) is 13.8. The minimum Gasteiger partial charge on any atom is -0.357 e. The lowest BCUT2D eigenvalue weighted by Crippen LogP contribution is -2.39. The number of guanidine groups is 1. The SMILES string of the molecule is CCNC(=NCCc1nc(-c2ccc(Cl)cc2)no1)N1CCCC1. The topological polar surface area (TPSA) is 66.5 Å². The van der Waals surface area contributed by atoms with Crippen molar-refractivity contribution in [3.05, 3.63) is 35.2 Å². The second-order valence-corrected chi connectivity index (χ2v) is 6.13. The maximum absolute atomic E-state index is 5.89. The Hall–Kier alpha value is -2.08. The summed E-state index contributed by atoms with van der Waals surface area (Å²) in [5, 5.41) is 8.06. The van der Waals surface area contributed by atoms with Gasteiger partial charge in [-0.2, -0.15) is 4.98 Å². The highest BCUT2D eigenvalue weighted by Gasteiger charge is 2.15. The minimum atomic E-state index is 0.581. The van der Waals surface area contributed by atoms with Crippen LogP contribution < -0.4 is 5.32 Å². The standard InChI is InChI=1S/C17H22ClN5O/c1-2-19-17(23-11-3-4-12-23)20-10-9-15-21-16(22-24-15)13-5-7-14(18)8-6-13/h5-8H,2-4,9-12H2,1H3,(H,19,20). The highest BCUT2D eigenvalue weighted by molar-refractivity contribution is 6.30. The molecule has 1 aromatic heterocycles. The number of aromatic nitrogens is 2. The van der Waals surface area contributed by atoms with Crippen LogP contribution in [-0.2, 0) is 6.42 Å². The fourth-order valence-electron chi connectivity index (χ4n) is 2.68. The Morgan fingerprint density at radius 3 is 2.75 bits per heavy atom. The van der Waals surface area contributed by atoms with E-state index in [4.69, 9.17) is 16.1 Å². The van der Waals surface area contributed by atoms with Crippen molar-refractivity contribution in [1.29, 1.82) is 0 Å². The number of hydrogen-bond acceptors (Lipinski definition) is 4. The number of hydrogen-bond donors (Lipinski definition) is 1. The smallest absolute Gasteiger partial charge is 0.228 e. The maximum Gasteiger partial charge on any atom is 0.228 e. The molecule has 0 atom stereocenters. The molecule has 2 heterocycles. The van der Waals surface area contributed by atoms with E-state index in [2.05, 4.69) is 32.3 Å². The lowest BCUT2D eigenvalue weighted by atomic mass is 10.2. The molecule has 1 aliphatic heterocycles. The first kappa shape index (κ1) is 16.8. The van der Waals surface area contributed by atoms with E-state index in [1.807, 2.05) is 24.3 Å². The highest BCUT2D eigenvalue weighted by atomic mass is 35.5. The van der Waals surface area contributed by atoms with Crippen molar-refractivity contribution in [1.82, 2.24) is 20.4 Å². The summed E-state index contributed by atoms with van der Waals surface area (Å²) in [5.41, 5.74) is 0.892. The Morgan fingerprint density at radius 1 is 1.29 bits per heavy atom. The van der Waals surface area contributed by atoms with E-state index in [0.717, 1.165) is 31.2 Å². The van der Waals surface area contributed by atoms with Crippen LogP contribution in [0.15, 0.2) is 33.8 Å². The van der Waals surface area contributed by atoms with E-state index in [1.165, 1.54) is 12.8 Å². The van der Waals surface area contributed by atoms with Gasteiger partial charge in [0.25, 0.3) is 0 Å². The second kappa shape index (κ2) is 8.15. The lowest BCUT2D eigenvalue weighted by Gasteiger charge is -2.20. The first-order chi connectivity index (χ1) is 11.8. The van der Waals surface area contributed by atoms with Gasteiger partial charge in [0.05, 0.1) is 6.54 Å². The van der Waals surface area contributed by atoms with Crippen molar-refractivity contribution in [2.75, 3.05) is 26.2 Å². The van der Waals surface area contributed by atoms with E-state index in [0.29, 0.717) is 29.7 Å². The fraction of sp³-hybridized carbons (Fsp3) is 0.471. The van der Waals surface area contributed by atoms with Crippen molar-refractivity contribution in [3.8, 4) is 11.4 Å². The van der Waals surface area contributed by atoms with Crippen LogP contribution in [0.5, 0.6) is 0 Å². The average Bonchev–Trinajstić information content (AvgIpc) is 3.27. The molecule has 2 aromatic rings. The van der Waals surface area contributed by atoms with Gasteiger partial charge in [-0.1, -0.05) is 16.8 Å².